The average molecular weight is 523 g/mol. The highest BCUT2D eigenvalue weighted by Crippen LogP contribution is 2.41. The maximum atomic E-state index is 12.5. The number of nitrogens with zero attached hydrogens (tertiary/aromatic N) is 1. The molecule has 2 N–H and O–H groups in total. The molecule has 170 valence electrons. The average Bonchev–Trinajstić information content (AvgIpc) is 2.95. The third-order valence-electron chi connectivity index (χ3n) is 4.96. The molecule has 1 aliphatic rings. The number of hydrogen-bond donors (Lipinski definition) is 2. The van der Waals surface area contributed by atoms with E-state index in [-0.39, 0.29) is 28.7 Å². The minimum absolute atomic E-state index is 0.00759. The summed E-state index contributed by atoms with van der Waals surface area (Å²) in [6, 6.07) is 10.7. The third-order valence-corrected chi connectivity index (χ3v) is 7.61. The summed E-state index contributed by atoms with van der Waals surface area (Å²) in [6.45, 7) is 8.21. The van der Waals surface area contributed by atoms with E-state index in [1.165, 1.54) is 11.8 Å². The number of hydrogen-bond acceptors (Lipinski definition) is 4. The number of thioether (sulfide) groups is 1. The Morgan fingerprint density at radius 1 is 1.03 bits per heavy atom. The van der Waals surface area contributed by atoms with Crippen molar-refractivity contribution < 1.29 is 4.79 Å². The number of amides is 1. The summed E-state index contributed by atoms with van der Waals surface area (Å²) in [5.41, 5.74) is 1.42. The van der Waals surface area contributed by atoms with Gasteiger partial charge in [0.15, 0.2) is 0 Å². The summed E-state index contributed by atoms with van der Waals surface area (Å²) in [4.78, 5) is 14.7. The molecule has 1 heterocycles. The Morgan fingerprint density at radius 3 is 2.19 bits per heavy atom. The monoisotopic (exact) mass is 521 g/mol. The Labute approximate surface area is 208 Å². The van der Waals surface area contributed by atoms with Crippen LogP contribution in [0.5, 0.6) is 0 Å². The molecule has 0 spiro atoms. The fourth-order valence-electron chi connectivity index (χ4n) is 3.24. The lowest BCUT2D eigenvalue weighted by Gasteiger charge is -2.31. The zero-order chi connectivity index (χ0) is 23.3. The number of carbonyl (C=O) groups excluding carboxylic acids is 1. The van der Waals surface area contributed by atoms with Crippen molar-refractivity contribution in [1.82, 2.24) is 10.2 Å². The van der Waals surface area contributed by atoms with E-state index in [0.717, 1.165) is 5.56 Å². The topological polar surface area (TPSA) is 44.4 Å². The first kappa shape index (κ1) is 26.6. The summed E-state index contributed by atoms with van der Waals surface area (Å²) < 4.78 is 0. The van der Waals surface area contributed by atoms with E-state index < -0.39 is 0 Å². The Balaban J connectivity index is 0.00000166. The zero-order valence-corrected chi connectivity index (χ0v) is 21.9. The van der Waals surface area contributed by atoms with Crippen molar-refractivity contribution in [3.8, 4) is 0 Å². The standard InChI is InChI=1S/C20H21Cl4N3OS.C2H6/c1-20(2)26-19(18(27(20)3)11-4-6-13(21)15(23)8-11)29-10-17(28)25-12-5-7-14(22)16(24)9-12;1-2/h4-9,18-19,26H,10H2,1-3H3,(H,25,28);1-2H3. The molecule has 2 aromatic rings. The molecule has 1 aliphatic heterocycles. The predicted octanol–water partition coefficient (Wildman–Crippen LogP) is 7.34. The van der Waals surface area contributed by atoms with Gasteiger partial charge in [-0.25, -0.2) is 0 Å². The van der Waals surface area contributed by atoms with Gasteiger partial charge in [0.1, 0.15) is 0 Å². The SMILES string of the molecule is CC.CN1C(c2ccc(Cl)c(Cl)c2)C(SCC(=O)Nc2ccc(Cl)c(Cl)c2)NC1(C)C. The number of likely N-dealkylation sites (N-methyl/N-ethyl adjacent to an activating group) is 1. The van der Waals surface area contributed by atoms with Crippen LogP contribution in [0, 0.1) is 0 Å². The Hall–Kier alpha value is -0.660. The van der Waals surface area contributed by atoms with E-state index in [2.05, 4.69) is 36.4 Å². The number of carbonyl (C=O) groups is 1. The molecule has 2 atom stereocenters. The van der Waals surface area contributed by atoms with E-state index in [9.17, 15) is 4.79 Å². The molecule has 4 nitrogen and oxygen atoms in total. The minimum Gasteiger partial charge on any atom is -0.325 e. The van der Waals surface area contributed by atoms with Gasteiger partial charge in [-0.1, -0.05) is 66.3 Å². The summed E-state index contributed by atoms with van der Waals surface area (Å²) in [5, 5.41) is 8.33. The van der Waals surface area contributed by atoms with Gasteiger partial charge < -0.3 is 5.32 Å². The molecule has 0 radical (unpaired) electrons. The molecular weight excluding hydrogens is 496 g/mol. The highest BCUT2D eigenvalue weighted by Gasteiger charge is 2.44. The zero-order valence-electron chi connectivity index (χ0n) is 18.1. The van der Waals surface area contributed by atoms with Crippen LogP contribution in [-0.2, 0) is 4.79 Å². The van der Waals surface area contributed by atoms with Gasteiger partial charge in [0, 0.05) is 5.69 Å². The molecule has 1 fully saturated rings. The van der Waals surface area contributed by atoms with E-state index in [0.29, 0.717) is 25.8 Å². The summed E-state index contributed by atoms with van der Waals surface area (Å²) in [6.07, 6.45) is 0. The van der Waals surface area contributed by atoms with Crippen molar-refractivity contribution in [2.45, 2.75) is 44.8 Å². The molecule has 31 heavy (non-hydrogen) atoms. The van der Waals surface area contributed by atoms with Gasteiger partial charge in [-0.2, -0.15) is 0 Å². The first-order valence-corrected chi connectivity index (χ1v) is 12.5. The van der Waals surface area contributed by atoms with Gasteiger partial charge in [-0.15, -0.1) is 11.8 Å². The molecule has 9 heteroatoms. The summed E-state index contributed by atoms with van der Waals surface area (Å²) >= 11 is 25.8. The van der Waals surface area contributed by atoms with Gasteiger partial charge in [0.2, 0.25) is 5.91 Å². The van der Waals surface area contributed by atoms with E-state index >= 15 is 0 Å². The Bertz CT molecular complexity index is 926. The maximum Gasteiger partial charge on any atom is 0.234 e. The van der Waals surface area contributed by atoms with Crippen LogP contribution in [0.2, 0.25) is 20.1 Å². The van der Waals surface area contributed by atoms with Crippen LogP contribution in [0.15, 0.2) is 36.4 Å². The van der Waals surface area contributed by atoms with Crippen molar-refractivity contribution in [1.29, 1.82) is 0 Å². The van der Waals surface area contributed by atoms with Crippen LogP contribution in [0.3, 0.4) is 0 Å². The van der Waals surface area contributed by atoms with Crippen LogP contribution in [0.25, 0.3) is 0 Å². The van der Waals surface area contributed by atoms with Gasteiger partial charge >= 0.3 is 0 Å². The predicted molar refractivity (Wildman–Crippen MR) is 137 cm³/mol. The number of halogens is 4. The van der Waals surface area contributed by atoms with E-state index in [1.54, 1.807) is 24.3 Å². The van der Waals surface area contributed by atoms with Gasteiger partial charge in [0.05, 0.1) is 42.9 Å². The molecule has 0 saturated carbocycles. The lowest BCUT2D eigenvalue weighted by Crippen LogP contribution is -2.44. The fraction of sp³-hybridized carbons (Fsp3) is 0.409. The second kappa shape index (κ2) is 11.5. The van der Waals surface area contributed by atoms with Crippen molar-refractivity contribution in [2.75, 3.05) is 18.1 Å². The van der Waals surface area contributed by atoms with Crippen molar-refractivity contribution in [3.05, 3.63) is 62.1 Å². The first-order valence-electron chi connectivity index (χ1n) is 9.90. The first-order chi connectivity index (χ1) is 14.6. The van der Waals surface area contributed by atoms with Gasteiger partial charge in [0.25, 0.3) is 0 Å². The number of anilines is 1. The molecule has 0 aliphatic carbocycles. The Morgan fingerprint density at radius 2 is 1.61 bits per heavy atom. The maximum absolute atomic E-state index is 12.5. The largest absolute Gasteiger partial charge is 0.325 e. The lowest BCUT2D eigenvalue weighted by atomic mass is 10.1. The molecule has 1 saturated heterocycles. The van der Waals surface area contributed by atoms with Crippen LogP contribution in [0.1, 0.15) is 39.3 Å². The minimum atomic E-state index is -0.241. The van der Waals surface area contributed by atoms with E-state index in [1.807, 2.05) is 26.0 Å². The second-order valence-electron chi connectivity index (χ2n) is 7.34. The van der Waals surface area contributed by atoms with E-state index in [4.69, 9.17) is 46.4 Å². The lowest BCUT2D eigenvalue weighted by molar-refractivity contribution is -0.113. The van der Waals surface area contributed by atoms with Crippen LogP contribution < -0.4 is 10.6 Å². The summed E-state index contributed by atoms with van der Waals surface area (Å²) in [5.74, 6) is 0.162. The smallest absolute Gasteiger partial charge is 0.234 e. The second-order valence-corrected chi connectivity index (χ2v) is 10.1. The molecule has 2 aromatic carbocycles. The molecule has 0 aromatic heterocycles. The quantitative estimate of drug-likeness (QED) is 0.431. The molecule has 0 bridgehead atoms. The fourth-order valence-corrected chi connectivity index (χ4v) is 5.15. The molecular formula is C22H27Cl4N3OS. The number of rotatable bonds is 5. The third kappa shape index (κ3) is 6.67. The van der Waals surface area contributed by atoms with Gasteiger partial charge in [-0.05, 0) is 56.8 Å². The normalized spacial score (nSPS) is 20.2. The molecule has 3 rings (SSSR count). The van der Waals surface area contributed by atoms with Crippen LogP contribution in [-0.4, -0.2) is 34.6 Å². The Kier molecular flexibility index (Phi) is 9.83. The van der Waals surface area contributed by atoms with Crippen molar-refractivity contribution in [2.24, 2.45) is 0 Å². The van der Waals surface area contributed by atoms with Crippen molar-refractivity contribution in [3.63, 3.8) is 0 Å². The highest BCUT2D eigenvalue weighted by atomic mass is 35.5. The number of benzene rings is 2. The van der Waals surface area contributed by atoms with Gasteiger partial charge in [-0.3, -0.25) is 15.0 Å². The number of nitrogens with one attached hydrogen (secondary N) is 2. The highest BCUT2D eigenvalue weighted by molar-refractivity contribution is 8.00. The van der Waals surface area contributed by atoms with Crippen molar-refractivity contribution >= 4 is 69.8 Å². The van der Waals surface area contributed by atoms with Crippen LogP contribution in [0.4, 0.5) is 5.69 Å². The van der Waals surface area contributed by atoms with Crippen LogP contribution >= 0.6 is 58.2 Å². The molecule has 1 amide bonds. The molecule has 2 unspecified atom stereocenters. The summed E-state index contributed by atoms with van der Waals surface area (Å²) in [7, 11) is 2.05.